The molecular weight excluding hydrogens is 166 g/mol. The number of nitrogens with zero attached hydrogens (tertiary/aromatic N) is 1. The van der Waals surface area contributed by atoms with Crippen LogP contribution in [0.4, 0.5) is 0 Å². The molecule has 0 aromatic rings. The van der Waals surface area contributed by atoms with Gasteiger partial charge in [0.2, 0.25) is 5.91 Å². The third-order valence-corrected chi connectivity index (χ3v) is 2.85. The van der Waals surface area contributed by atoms with Crippen LogP contribution in [0.25, 0.3) is 0 Å². The van der Waals surface area contributed by atoms with Gasteiger partial charge in [0.15, 0.2) is 0 Å². The molecule has 76 valence electrons. The summed E-state index contributed by atoms with van der Waals surface area (Å²) in [7, 11) is 0. The van der Waals surface area contributed by atoms with Gasteiger partial charge in [-0.1, -0.05) is 6.92 Å². The summed E-state index contributed by atoms with van der Waals surface area (Å²) >= 11 is 0. The van der Waals surface area contributed by atoms with E-state index in [2.05, 4.69) is 11.8 Å². The van der Waals surface area contributed by atoms with Gasteiger partial charge in [-0.3, -0.25) is 9.69 Å². The van der Waals surface area contributed by atoms with Crippen molar-refractivity contribution in [3.05, 3.63) is 0 Å². The highest BCUT2D eigenvalue weighted by Gasteiger charge is 2.25. The fourth-order valence-corrected chi connectivity index (χ4v) is 1.99. The number of piperidine rings is 1. The van der Waals surface area contributed by atoms with Gasteiger partial charge in [-0.25, -0.2) is 0 Å². The molecule has 0 bridgehead atoms. The van der Waals surface area contributed by atoms with Crippen molar-refractivity contribution in [3.8, 4) is 0 Å². The minimum Gasteiger partial charge on any atom is -0.369 e. The SMILES string of the molecule is CC1CN(CC(N)=O)CCC1CN. The molecule has 0 spiro atoms. The van der Waals surface area contributed by atoms with Gasteiger partial charge in [-0.15, -0.1) is 0 Å². The zero-order valence-electron chi connectivity index (χ0n) is 8.20. The standard InChI is InChI=1S/C9H19N3O/c1-7-5-12(6-9(11)13)3-2-8(7)4-10/h7-8H,2-6,10H2,1H3,(H2,11,13). The highest BCUT2D eigenvalue weighted by atomic mass is 16.1. The molecule has 2 unspecified atom stereocenters. The Balaban J connectivity index is 2.36. The summed E-state index contributed by atoms with van der Waals surface area (Å²) in [5, 5.41) is 0. The number of nitrogens with two attached hydrogens (primary N) is 2. The van der Waals surface area contributed by atoms with Gasteiger partial charge >= 0.3 is 0 Å². The van der Waals surface area contributed by atoms with Crippen LogP contribution in [0.2, 0.25) is 0 Å². The topological polar surface area (TPSA) is 72.3 Å². The molecular formula is C9H19N3O. The van der Waals surface area contributed by atoms with Crippen LogP contribution in [0.1, 0.15) is 13.3 Å². The van der Waals surface area contributed by atoms with E-state index in [9.17, 15) is 4.79 Å². The first kappa shape index (κ1) is 10.5. The fourth-order valence-electron chi connectivity index (χ4n) is 1.99. The molecule has 0 saturated carbocycles. The van der Waals surface area contributed by atoms with Crippen LogP contribution in [-0.2, 0) is 4.79 Å². The molecule has 13 heavy (non-hydrogen) atoms. The summed E-state index contributed by atoms with van der Waals surface area (Å²) in [5.41, 5.74) is 10.8. The summed E-state index contributed by atoms with van der Waals surface area (Å²) in [4.78, 5) is 12.8. The van der Waals surface area contributed by atoms with Crippen LogP contribution in [-0.4, -0.2) is 37.0 Å². The number of hydrogen-bond donors (Lipinski definition) is 2. The van der Waals surface area contributed by atoms with Crippen molar-refractivity contribution in [1.82, 2.24) is 4.90 Å². The minimum atomic E-state index is -0.238. The quantitative estimate of drug-likeness (QED) is 0.616. The van der Waals surface area contributed by atoms with E-state index in [1.165, 1.54) is 0 Å². The van der Waals surface area contributed by atoms with Crippen molar-refractivity contribution in [3.63, 3.8) is 0 Å². The highest BCUT2D eigenvalue weighted by Crippen LogP contribution is 2.21. The molecule has 0 radical (unpaired) electrons. The Morgan fingerprint density at radius 3 is 2.77 bits per heavy atom. The Morgan fingerprint density at radius 1 is 1.62 bits per heavy atom. The second kappa shape index (κ2) is 4.58. The number of amides is 1. The molecule has 4 heteroatoms. The lowest BCUT2D eigenvalue weighted by atomic mass is 9.87. The molecule has 1 amide bonds. The summed E-state index contributed by atoms with van der Waals surface area (Å²) in [5.74, 6) is 0.959. The maximum atomic E-state index is 10.7. The summed E-state index contributed by atoms with van der Waals surface area (Å²) in [6, 6.07) is 0. The number of primary amides is 1. The van der Waals surface area contributed by atoms with Gasteiger partial charge in [0.25, 0.3) is 0 Å². The van der Waals surface area contributed by atoms with E-state index >= 15 is 0 Å². The molecule has 0 aliphatic carbocycles. The van der Waals surface area contributed by atoms with Gasteiger partial charge in [-0.05, 0) is 31.3 Å². The lowest BCUT2D eigenvalue weighted by Gasteiger charge is -2.35. The summed E-state index contributed by atoms with van der Waals surface area (Å²) in [6.45, 7) is 5.23. The smallest absolute Gasteiger partial charge is 0.231 e. The van der Waals surface area contributed by atoms with E-state index in [4.69, 9.17) is 11.5 Å². The largest absolute Gasteiger partial charge is 0.369 e. The molecule has 1 heterocycles. The van der Waals surface area contributed by atoms with Crippen molar-refractivity contribution in [2.45, 2.75) is 13.3 Å². The Kier molecular flexibility index (Phi) is 3.69. The van der Waals surface area contributed by atoms with Crippen LogP contribution in [0.3, 0.4) is 0 Å². The molecule has 4 N–H and O–H groups in total. The van der Waals surface area contributed by atoms with E-state index in [-0.39, 0.29) is 5.91 Å². The zero-order valence-corrected chi connectivity index (χ0v) is 8.20. The van der Waals surface area contributed by atoms with Crippen molar-refractivity contribution in [1.29, 1.82) is 0 Å². The summed E-state index contributed by atoms with van der Waals surface area (Å²) < 4.78 is 0. The fraction of sp³-hybridized carbons (Fsp3) is 0.889. The summed E-state index contributed by atoms with van der Waals surface area (Å²) in [6.07, 6.45) is 1.09. The second-order valence-corrected chi connectivity index (χ2v) is 3.96. The zero-order chi connectivity index (χ0) is 9.84. The highest BCUT2D eigenvalue weighted by molar-refractivity contribution is 5.75. The van der Waals surface area contributed by atoms with E-state index in [0.717, 1.165) is 26.1 Å². The maximum Gasteiger partial charge on any atom is 0.231 e. The Morgan fingerprint density at radius 2 is 2.31 bits per heavy atom. The number of rotatable bonds is 3. The normalized spacial score (nSPS) is 30.3. The van der Waals surface area contributed by atoms with Gasteiger partial charge in [0.1, 0.15) is 0 Å². The van der Waals surface area contributed by atoms with E-state index < -0.39 is 0 Å². The first-order valence-corrected chi connectivity index (χ1v) is 4.84. The Labute approximate surface area is 79.3 Å². The monoisotopic (exact) mass is 185 g/mol. The number of carbonyl (C=O) groups excluding carboxylic acids is 1. The van der Waals surface area contributed by atoms with Gasteiger partial charge in [0, 0.05) is 6.54 Å². The molecule has 0 aromatic carbocycles. The van der Waals surface area contributed by atoms with Crippen LogP contribution in [0.15, 0.2) is 0 Å². The minimum absolute atomic E-state index is 0.238. The Bertz CT molecular complexity index is 184. The van der Waals surface area contributed by atoms with Crippen LogP contribution < -0.4 is 11.5 Å². The number of hydrogen-bond acceptors (Lipinski definition) is 3. The van der Waals surface area contributed by atoms with Crippen molar-refractivity contribution < 1.29 is 4.79 Å². The first-order valence-electron chi connectivity index (χ1n) is 4.84. The van der Waals surface area contributed by atoms with Gasteiger partial charge < -0.3 is 11.5 Å². The van der Waals surface area contributed by atoms with E-state index in [1.54, 1.807) is 0 Å². The van der Waals surface area contributed by atoms with E-state index in [1.807, 2.05) is 0 Å². The first-order chi connectivity index (χ1) is 6.13. The molecule has 2 atom stereocenters. The van der Waals surface area contributed by atoms with E-state index in [0.29, 0.717) is 18.4 Å². The number of likely N-dealkylation sites (tertiary alicyclic amines) is 1. The predicted molar refractivity (Wildman–Crippen MR) is 52.0 cm³/mol. The number of carbonyl (C=O) groups is 1. The average Bonchev–Trinajstić information content (AvgIpc) is 2.03. The molecule has 1 aliphatic heterocycles. The molecule has 4 nitrogen and oxygen atoms in total. The third kappa shape index (κ3) is 2.97. The Hall–Kier alpha value is -0.610. The average molecular weight is 185 g/mol. The third-order valence-electron chi connectivity index (χ3n) is 2.85. The lowest BCUT2D eigenvalue weighted by molar-refractivity contribution is -0.119. The molecule has 0 aromatic heterocycles. The molecule has 1 rings (SSSR count). The van der Waals surface area contributed by atoms with Crippen LogP contribution >= 0.6 is 0 Å². The van der Waals surface area contributed by atoms with Crippen LogP contribution in [0.5, 0.6) is 0 Å². The van der Waals surface area contributed by atoms with Gasteiger partial charge in [-0.2, -0.15) is 0 Å². The van der Waals surface area contributed by atoms with Crippen molar-refractivity contribution in [2.24, 2.45) is 23.3 Å². The second-order valence-electron chi connectivity index (χ2n) is 3.96. The molecule has 1 fully saturated rings. The maximum absolute atomic E-state index is 10.7. The predicted octanol–water partition coefficient (Wildman–Crippen LogP) is -0.612. The molecule has 1 aliphatic rings. The van der Waals surface area contributed by atoms with Crippen molar-refractivity contribution in [2.75, 3.05) is 26.2 Å². The molecule has 1 saturated heterocycles. The van der Waals surface area contributed by atoms with Crippen LogP contribution in [0, 0.1) is 11.8 Å². The van der Waals surface area contributed by atoms with Gasteiger partial charge in [0.05, 0.1) is 6.54 Å². The van der Waals surface area contributed by atoms with Crippen molar-refractivity contribution >= 4 is 5.91 Å². The lowest BCUT2D eigenvalue weighted by Crippen LogP contribution is -2.45.